The quantitative estimate of drug-likeness (QED) is 0.774. The minimum atomic E-state index is -3.27. The van der Waals surface area contributed by atoms with Crippen LogP contribution in [0.4, 0.5) is 0 Å². The Morgan fingerprint density at radius 1 is 1.12 bits per heavy atom. The van der Waals surface area contributed by atoms with Crippen molar-refractivity contribution in [3.63, 3.8) is 0 Å². The average molecular weight is 261 g/mol. The van der Waals surface area contributed by atoms with Crippen LogP contribution in [-0.4, -0.2) is 49.2 Å². The molecule has 6 heteroatoms. The Labute approximate surface area is 104 Å². The number of rotatable bonds is 2. The van der Waals surface area contributed by atoms with Crippen molar-refractivity contribution in [3.8, 4) is 0 Å². The lowest BCUT2D eigenvalue weighted by Crippen LogP contribution is -2.47. The third-order valence-electron chi connectivity index (χ3n) is 3.91. The summed E-state index contributed by atoms with van der Waals surface area (Å²) in [5.41, 5.74) is 5.90. The van der Waals surface area contributed by atoms with Gasteiger partial charge in [-0.3, -0.25) is 0 Å². The minimum absolute atomic E-state index is 0.0213. The Balaban J connectivity index is 2.08. The van der Waals surface area contributed by atoms with Crippen molar-refractivity contribution in [1.82, 2.24) is 8.61 Å². The van der Waals surface area contributed by atoms with Gasteiger partial charge in [0.25, 0.3) is 10.2 Å². The Morgan fingerprint density at radius 2 is 1.82 bits per heavy atom. The molecule has 0 bridgehead atoms. The van der Waals surface area contributed by atoms with Gasteiger partial charge in [-0.15, -0.1) is 0 Å². The second-order valence-corrected chi connectivity index (χ2v) is 7.50. The minimum Gasteiger partial charge on any atom is -0.326 e. The van der Waals surface area contributed by atoms with E-state index in [1.54, 1.807) is 8.61 Å². The van der Waals surface area contributed by atoms with Crippen LogP contribution in [0.15, 0.2) is 0 Å². The molecule has 100 valence electrons. The maximum absolute atomic E-state index is 12.4. The van der Waals surface area contributed by atoms with Gasteiger partial charge in [0.1, 0.15) is 0 Å². The van der Waals surface area contributed by atoms with E-state index in [0.29, 0.717) is 32.1 Å². The van der Waals surface area contributed by atoms with Crippen molar-refractivity contribution >= 4 is 10.2 Å². The zero-order valence-electron chi connectivity index (χ0n) is 10.7. The molecule has 2 aliphatic rings. The molecule has 2 fully saturated rings. The standard InChI is InChI=1S/C11H23N3O2S/c1-9-4-3-5-13(6-9)17(15,16)14-7-10(2)11(12)8-14/h9-11H,3-8,12H2,1-2H3. The molecule has 2 heterocycles. The molecule has 2 rings (SSSR count). The molecule has 2 N–H and O–H groups in total. The maximum Gasteiger partial charge on any atom is 0.282 e. The number of piperidine rings is 1. The largest absolute Gasteiger partial charge is 0.326 e. The highest BCUT2D eigenvalue weighted by Gasteiger charge is 2.38. The fourth-order valence-corrected chi connectivity index (χ4v) is 4.57. The van der Waals surface area contributed by atoms with Gasteiger partial charge in [-0.25, -0.2) is 0 Å². The topological polar surface area (TPSA) is 66.6 Å². The molecule has 0 amide bonds. The molecule has 0 aliphatic carbocycles. The van der Waals surface area contributed by atoms with E-state index in [1.165, 1.54) is 0 Å². The van der Waals surface area contributed by atoms with Gasteiger partial charge in [0.2, 0.25) is 0 Å². The van der Waals surface area contributed by atoms with Crippen LogP contribution in [0.25, 0.3) is 0 Å². The molecule has 17 heavy (non-hydrogen) atoms. The van der Waals surface area contributed by atoms with Crippen molar-refractivity contribution in [2.45, 2.75) is 32.7 Å². The summed E-state index contributed by atoms with van der Waals surface area (Å²) in [6.07, 6.45) is 2.10. The lowest BCUT2D eigenvalue weighted by molar-refractivity contribution is 0.263. The van der Waals surface area contributed by atoms with Gasteiger partial charge in [0.15, 0.2) is 0 Å². The van der Waals surface area contributed by atoms with E-state index >= 15 is 0 Å². The maximum atomic E-state index is 12.4. The highest BCUT2D eigenvalue weighted by Crippen LogP contribution is 2.24. The van der Waals surface area contributed by atoms with Crippen LogP contribution in [0.1, 0.15) is 26.7 Å². The number of hydrogen-bond donors (Lipinski definition) is 1. The molecule has 2 saturated heterocycles. The molecule has 0 spiro atoms. The second-order valence-electron chi connectivity index (χ2n) is 5.57. The highest BCUT2D eigenvalue weighted by atomic mass is 32.2. The third kappa shape index (κ3) is 2.65. The van der Waals surface area contributed by atoms with Gasteiger partial charge < -0.3 is 5.73 Å². The first kappa shape index (κ1) is 13.3. The fraction of sp³-hybridized carbons (Fsp3) is 1.00. The van der Waals surface area contributed by atoms with Crippen molar-refractivity contribution in [2.24, 2.45) is 17.6 Å². The van der Waals surface area contributed by atoms with E-state index in [4.69, 9.17) is 5.73 Å². The van der Waals surface area contributed by atoms with Crippen LogP contribution in [-0.2, 0) is 10.2 Å². The first-order chi connectivity index (χ1) is 7.91. The summed E-state index contributed by atoms with van der Waals surface area (Å²) < 4.78 is 28.0. The van der Waals surface area contributed by atoms with Crippen molar-refractivity contribution in [1.29, 1.82) is 0 Å². The van der Waals surface area contributed by atoms with Crippen molar-refractivity contribution < 1.29 is 8.42 Å². The van der Waals surface area contributed by atoms with Crippen LogP contribution in [0, 0.1) is 11.8 Å². The molecular weight excluding hydrogens is 238 g/mol. The van der Waals surface area contributed by atoms with Crippen LogP contribution in [0.3, 0.4) is 0 Å². The second kappa shape index (κ2) is 4.84. The summed E-state index contributed by atoms with van der Waals surface area (Å²) >= 11 is 0. The van der Waals surface area contributed by atoms with Crippen LogP contribution >= 0.6 is 0 Å². The molecule has 5 nitrogen and oxygen atoms in total. The Bertz CT molecular complexity index is 350. The molecule has 0 radical (unpaired) electrons. The van der Waals surface area contributed by atoms with E-state index < -0.39 is 10.2 Å². The first-order valence-electron chi connectivity index (χ1n) is 6.42. The van der Waals surface area contributed by atoms with E-state index in [0.717, 1.165) is 12.8 Å². The van der Waals surface area contributed by atoms with Gasteiger partial charge in [0.05, 0.1) is 0 Å². The molecule has 3 atom stereocenters. The molecule has 2 aliphatic heterocycles. The van der Waals surface area contributed by atoms with Crippen LogP contribution in [0.5, 0.6) is 0 Å². The average Bonchev–Trinajstić information content (AvgIpc) is 2.60. The molecule has 0 saturated carbocycles. The summed E-state index contributed by atoms with van der Waals surface area (Å²) in [4.78, 5) is 0. The number of nitrogens with zero attached hydrogens (tertiary/aromatic N) is 2. The zero-order chi connectivity index (χ0) is 12.6. The fourth-order valence-electron chi connectivity index (χ4n) is 2.65. The number of hydrogen-bond acceptors (Lipinski definition) is 3. The predicted molar refractivity (Wildman–Crippen MR) is 67.6 cm³/mol. The molecule has 0 aromatic carbocycles. The van der Waals surface area contributed by atoms with Gasteiger partial charge in [-0.1, -0.05) is 13.8 Å². The molecule has 0 aromatic rings. The smallest absolute Gasteiger partial charge is 0.282 e. The number of nitrogens with two attached hydrogens (primary N) is 1. The van der Waals surface area contributed by atoms with Crippen molar-refractivity contribution in [2.75, 3.05) is 26.2 Å². The lowest BCUT2D eigenvalue weighted by Gasteiger charge is -2.33. The zero-order valence-corrected chi connectivity index (χ0v) is 11.5. The van der Waals surface area contributed by atoms with E-state index in [1.807, 2.05) is 6.92 Å². The molecule has 0 aromatic heterocycles. The van der Waals surface area contributed by atoms with Crippen molar-refractivity contribution in [3.05, 3.63) is 0 Å². The summed E-state index contributed by atoms with van der Waals surface area (Å²) in [6, 6.07) is -0.0213. The summed E-state index contributed by atoms with van der Waals surface area (Å²) in [5, 5.41) is 0. The van der Waals surface area contributed by atoms with Gasteiger partial charge >= 0.3 is 0 Å². The monoisotopic (exact) mass is 261 g/mol. The van der Waals surface area contributed by atoms with Crippen LogP contribution in [0.2, 0.25) is 0 Å². The van der Waals surface area contributed by atoms with E-state index in [-0.39, 0.29) is 12.0 Å². The van der Waals surface area contributed by atoms with Gasteiger partial charge in [0, 0.05) is 32.2 Å². The Hall–Kier alpha value is -0.170. The van der Waals surface area contributed by atoms with Crippen LogP contribution < -0.4 is 5.73 Å². The van der Waals surface area contributed by atoms with Gasteiger partial charge in [-0.05, 0) is 24.7 Å². The lowest BCUT2D eigenvalue weighted by atomic mass is 10.0. The van der Waals surface area contributed by atoms with E-state index in [9.17, 15) is 8.42 Å². The Kier molecular flexibility index (Phi) is 3.77. The summed E-state index contributed by atoms with van der Waals surface area (Å²) in [6.45, 7) is 6.47. The Morgan fingerprint density at radius 3 is 2.35 bits per heavy atom. The first-order valence-corrected chi connectivity index (χ1v) is 7.81. The molecular formula is C11H23N3O2S. The van der Waals surface area contributed by atoms with Gasteiger partial charge in [-0.2, -0.15) is 17.0 Å². The summed E-state index contributed by atoms with van der Waals surface area (Å²) in [7, 11) is -3.27. The third-order valence-corrected chi connectivity index (χ3v) is 5.84. The predicted octanol–water partition coefficient (Wildman–Crippen LogP) is 0.242. The van der Waals surface area contributed by atoms with E-state index in [2.05, 4.69) is 6.92 Å². The SMILES string of the molecule is CC1CCCN(S(=O)(=O)N2CC(C)C(N)C2)C1. The normalized spacial score (nSPS) is 37.5. The molecule has 3 unspecified atom stereocenters. The highest BCUT2D eigenvalue weighted by molar-refractivity contribution is 7.86. The summed E-state index contributed by atoms with van der Waals surface area (Å²) in [5.74, 6) is 0.721.